The van der Waals surface area contributed by atoms with Gasteiger partial charge in [-0.2, -0.15) is 0 Å². The molecule has 3 unspecified atom stereocenters. The summed E-state index contributed by atoms with van der Waals surface area (Å²) in [4.78, 5) is 10.7. The van der Waals surface area contributed by atoms with Crippen molar-refractivity contribution in [1.82, 2.24) is 0 Å². The fraction of sp³-hybridized carbons (Fsp3) is 0.500. The van der Waals surface area contributed by atoms with Crippen molar-refractivity contribution >= 4 is 6.29 Å². The zero-order valence-electron chi connectivity index (χ0n) is 9.26. The summed E-state index contributed by atoms with van der Waals surface area (Å²) in [6.07, 6.45) is 6.52. The lowest BCUT2D eigenvalue weighted by Gasteiger charge is -2.23. The SMILES string of the molecule is O=Cc1cccc(OC2CC3CCC2C3)c1. The number of aldehydes is 1. The van der Waals surface area contributed by atoms with Crippen molar-refractivity contribution in [2.24, 2.45) is 11.8 Å². The van der Waals surface area contributed by atoms with Crippen molar-refractivity contribution in [2.75, 3.05) is 0 Å². The van der Waals surface area contributed by atoms with Gasteiger partial charge in [-0.05, 0) is 49.7 Å². The van der Waals surface area contributed by atoms with Crippen LogP contribution in [0.5, 0.6) is 5.75 Å². The van der Waals surface area contributed by atoms with E-state index in [9.17, 15) is 4.79 Å². The maximum Gasteiger partial charge on any atom is 0.150 e. The third kappa shape index (κ3) is 1.73. The van der Waals surface area contributed by atoms with Crippen LogP contribution in [0.2, 0.25) is 0 Å². The van der Waals surface area contributed by atoms with Gasteiger partial charge in [0.15, 0.2) is 0 Å². The van der Waals surface area contributed by atoms with Gasteiger partial charge in [-0.15, -0.1) is 0 Å². The third-order valence-electron chi connectivity index (χ3n) is 3.95. The molecule has 0 N–H and O–H groups in total. The van der Waals surface area contributed by atoms with E-state index in [1.54, 1.807) is 6.07 Å². The fourth-order valence-corrected chi connectivity index (χ4v) is 3.17. The number of carbonyl (C=O) groups excluding carboxylic acids is 1. The average molecular weight is 216 g/mol. The minimum Gasteiger partial charge on any atom is -0.490 e. The number of ether oxygens (including phenoxy) is 1. The molecule has 0 saturated heterocycles. The molecule has 0 aliphatic heterocycles. The van der Waals surface area contributed by atoms with E-state index in [0.717, 1.165) is 23.9 Å². The number of hydrogen-bond acceptors (Lipinski definition) is 2. The Hall–Kier alpha value is -1.31. The molecule has 0 radical (unpaired) electrons. The summed E-state index contributed by atoms with van der Waals surface area (Å²) < 4.78 is 5.99. The van der Waals surface area contributed by atoms with Crippen LogP contribution in [0.4, 0.5) is 0 Å². The first-order chi connectivity index (χ1) is 7.85. The maximum absolute atomic E-state index is 10.7. The van der Waals surface area contributed by atoms with E-state index in [-0.39, 0.29) is 0 Å². The van der Waals surface area contributed by atoms with Crippen molar-refractivity contribution in [1.29, 1.82) is 0 Å². The van der Waals surface area contributed by atoms with Crippen LogP contribution in [-0.4, -0.2) is 12.4 Å². The molecule has 2 saturated carbocycles. The van der Waals surface area contributed by atoms with E-state index in [0.29, 0.717) is 11.7 Å². The number of hydrogen-bond donors (Lipinski definition) is 0. The molecular weight excluding hydrogens is 200 g/mol. The standard InChI is InChI=1S/C14H16O2/c15-9-11-2-1-3-13(7-11)16-14-8-10-4-5-12(14)6-10/h1-3,7,9-10,12,14H,4-6,8H2. The number of fused-ring (bicyclic) bond motifs is 2. The molecule has 2 bridgehead atoms. The van der Waals surface area contributed by atoms with E-state index < -0.39 is 0 Å². The Morgan fingerprint density at radius 2 is 2.19 bits per heavy atom. The molecule has 3 rings (SSSR count). The molecule has 2 nitrogen and oxygen atoms in total. The zero-order chi connectivity index (χ0) is 11.0. The third-order valence-corrected chi connectivity index (χ3v) is 3.95. The Kier molecular flexibility index (Phi) is 2.43. The summed E-state index contributed by atoms with van der Waals surface area (Å²) in [5.74, 6) is 2.50. The molecule has 0 amide bonds. The van der Waals surface area contributed by atoms with Crippen molar-refractivity contribution in [3.05, 3.63) is 29.8 Å². The van der Waals surface area contributed by atoms with Gasteiger partial charge < -0.3 is 4.74 Å². The van der Waals surface area contributed by atoms with E-state index in [1.165, 1.54) is 25.7 Å². The molecule has 1 aromatic rings. The van der Waals surface area contributed by atoms with Crippen molar-refractivity contribution in [3.8, 4) is 5.75 Å². The maximum atomic E-state index is 10.7. The molecule has 1 aromatic carbocycles. The predicted octanol–water partition coefficient (Wildman–Crippen LogP) is 3.07. The topological polar surface area (TPSA) is 26.3 Å². The molecule has 0 heterocycles. The fourth-order valence-electron chi connectivity index (χ4n) is 3.17. The van der Waals surface area contributed by atoms with E-state index in [4.69, 9.17) is 4.74 Å². The van der Waals surface area contributed by atoms with Crippen LogP contribution in [-0.2, 0) is 0 Å². The van der Waals surface area contributed by atoms with E-state index in [1.807, 2.05) is 18.2 Å². The van der Waals surface area contributed by atoms with Gasteiger partial charge in [0, 0.05) is 5.56 Å². The number of carbonyl (C=O) groups is 1. The highest BCUT2D eigenvalue weighted by atomic mass is 16.5. The van der Waals surface area contributed by atoms with Gasteiger partial charge in [0.25, 0.3) is 0 Å². The molecule has 3 atom stereocenters. The molecule has 2 aliphatic rings. The quantitative estimate of drug-likeness (QED) is 0.726. The van der Waals surface area contributed by atoms with Gasteiger partial charge in [-0.25, -0.2) is 0 Å². The lowest BCUT2D eigenvalue weighted by molar-refractivity contribution is 0.112. The Balaban J connectivity index is 1.72. The number of rotatable bonds is 3. The lowest BCUT2D eigenvalue weighted by Crippen LogP contribution is -2.23. The summed E-state index contributed by atoms with van der Waals surface area (Å²) >= 11 is 0. The summed E-state index contributed by atoms with van der Waals surface area (Å²) in [5.41, 5.74) is 0.695. The summed E-state index contributed by atoms with van der Waals surface area (Å²) in [5, 5.41) is 0. The first-order valence-electron chi connectivity index (χ1n) is 6.07. The Morgan fingerprint density at radius 3 is 2.88 bits per heavy atom. The monoisotopic (exact) mass is 216 g/mol. The predicted molar refractivity (Wildman–Crippen MR) is 61.7 cm³/mol. The van der Waals surface area contributed by atoms with E-state index in [2.05, 4.69) is 0 Å². The first-order valence-corrected chi connectivity index (χ1v) is 6.07. The van der Waals surface area contributed by atoms with Crippen LogP contribution in [0.25, 0.3) is 0 Å². The minimum atomic E-state index is 0.389. The van der Waals surface area contributed by atoms with Crippen molar-refractivity contribution in [3.63, 3.8) is 0 Å². The van der Waals surface area contributed by atoms with Gasteiger partial charge in [0.2, 0.25) is 0 Å². The number of benzene rings is 1. The van der Waals surface area contributed by atoms with Crippen molar-refractivity contribution in [2.45, 2.75) is 31.8 Å². The van der Waals surface area contributed by atoms with Crippen LogP contribution in [0, 0.1) is 11.8 Å². The molecule has 2 fully saturated rings. The summed E-state index contributed by atoms with van der Waals surface area (Å²) in [6.45, 7) is 0. The van der Waals surface area contributed by atoms with Gasteiger partial charge >= 0.3 is 0 Å². The Morgan fingerprint density at radius 1 is 1.25 bits per heavy atom. The summed E-state index contributed by atoms with van der Waals surface area (Å²) in [7, 11) is 0. The first kappa shape index (κ1) is 9.88. The highest BCUT2D eigenvalue weighted by Crippen LogP contribution is 2.45. The average Bonchev–Trinajstić information content (AvgIpc) is 2.91. The van der Waals surface area contributed by atoms with Gasteiger partial charge in [0.1, 0.15) is 18.1 Å². The highest BCUT2D eigenvalue weighted by Gasteiger charge is 2.40. The second-order valence-electron chi connectivity index (χ2n) is 5.02. The van der Waals surface area contributed by atoms with Crippen molar-refractivity contribution < 1.29 is 9.53 Å². The smallest absolute Gasteiger partial charge is 0.150 e. The van der Waals surface area contributed by atoms with Gasteiger partial charge in [-0.1, -0.05) is 12.1 Å². The molecule has 2 heteroatoms. The zero-order valence-corrected chi connectivity index (χ0v) is 9.26. The largest absolute Gasteiger partial charge is 0.490 e. The Labute approximate surface area is 95.6 Å². The highest BCUT2D eigenvalue weighted by molar-refractivity contribution is 5.75. The van der Waals surface area contributed by atoms with Crippen LogP contribution in [0.15, 0.2) is 24.3 Å². The van der Waals surface area contributed by atoms with Gasteiger partial charge in [-0.3, -0.25) is 4.79 Å². The van der Waals surface area contributed by atoms with Gasteiger partial charge in [0.05, 0.1) is 0 Å². The van der Waals surface area contributed by atoms with Crippen LogP contribution in [0.3, 0.4) is 0 Å². The second-order valence-corrected chi connectivity index (χ2v) is 5.02. The van der Waals surface area contributed by atoms with Crippen LogP contribution >= 0.6 is 0 Å². The molecular formula is C14H16O2. The molecule has 2 aliphatic carbocycles. The Bertz CT molecular complexity index is 399. The lowest BCUT2D eigenvalue weighted by atomic mass is 9.98. The molecule has 0 spiro atoms. The second kappa shape index (κ2) is 3.93. The summed E-state index contributed by atoms with van der Waals surface area (Å²) in [6, 6.07) is 7.46. The van der Waals surface area contributed by atoms with Crippen LogP contribution in [0.1, 0.15) is 36.0 Å². The van der Waals surface area contributed by atoms with Crippen LogP contribution < -0.4 is 4.74 Å². The van der Waals surface area contributed by atoms with E-state index >= 15 is 0 Å². The molecule has 16 heavy (non-hydrogen) atoms. The molecule has 0 aromatic heterocycles. The molecule has 84 valence electrons. The minimum absolute atomic E-state index is 0.389. The normalized spacial score (nSPS) is 31.6.